The fraction of sp³-hybridized carbons (Fsp3) is 0.556. The van der Waals surface area contributed by atoms with E-state index in [-0.39, 0.29) is 12.0 Å². The van der Waals surface area contributed by atoms with Crippen LogP contribution in [0.5, 0.6) is 0 Å². The molecule has 0 unspecified atom stereocenters. The van der Waals surface area contributed by atoms with E-state index in [2.05, 4.69) is 5.16 Å². The van der Waals surface area contributed by atoms with Crippen molar-refractivity contribution in [3.8, 4) is 0 Å². The molecule has 0 saturated heterocycles. The van der Waals surface area contributed by atoms with Crippen molar-refractivity contribution < 1.29 is 9.63 Å². The first-order valence-corrected chi connectivity index (χ1v) is 8.75. The molecule has 3 rings (SSSR count). The molecule has 1 atom stereocenters. The van der Waals surface area contributed by atoms with Gasteiger partial charge in [0.2, 0.25) is 5.91 Å². The average Bonchev–Trinajstić information content (AvgIpc) is 3.04. The van der Waals surface area contributed by atoms with Gasteiger partial charge in [-0.25, -0.2) is 0 Å². The summed E-state index contributed by atoms with van der Waals surface area (Å²) in [6.07, 6.45) is 6.92. The van der Waals surface area contributed by atoms with Crippen LogP contribution in [0.2, 0.25) is 5.02 Å². The largest absolute Gasteiger partial charge is 0.391 e. The molecule has 1 saturated carbocycles. The predicted octanol–water partition coefficient (Wildman–Crippen LogP) is 4.01. The normalized spacial score (nSPS) is 21.7. The van der Waals surface area contributed by atoms with Crippen LogP contribution in [-0.4, -0.2) is 35.7 Å². The van der Waals surface area contributed by atoms with Gasteiger partial charge >= 0.3 is 0 Å². The number of halogens is 1. The highest BCUT2D eigenvalue weighted by Gasteiger charge is 2.28. The monoisotopic (exact) mass is 334 g/mol. The van der Waals surface area contributed by atoms with E-state index in [1.165, 1.54) is 19.3 Å². The Bertz CT molecular complexity index is 579. The van der Waals surface area contributed by atoms with Crippen LogP contribution in [-0.2, 0) is 9.63 Å². The number of hydrogen-bond acceptors (Lipinski definition) is 3. The number of benzene rings is 1. The maximum absolute atomic E-state index is 12.5. The summed E-state index contributed by atoms with van der Waals surface area (Å²) in [6.45, 7) is 0. The van der Waals surface area contributed by atoms with Gasteiger partial charge in [0.1, 0.15) is 6.10 Å². The fourth-order valence-electron chi connectivity index (χ4n) is 3.36. The number of carbonyl (C=O) groups excluding carboxylic acids is 1. The average molecular weight is 335 g/mol. The van der Waals surface area contributed by atoms with E-state index < -0.39 is 0 Å². The minimum Gasteiger partial charge on any atom is -0.391 e. The van der Waals surface area contributed by atoms with E-state index in [0.29, 0.717) is 23.9 Å². The Labute approximate surface area is 142 Å². The molecule has 0 radical (unpaired) electrons. The summed E-state index contributed by atoms with van der Waals surface area (Å²) < 4.78 is 0. The van der Waals surface area contributed by atoms with Gasteiger partial charge in [0.05, 0.1) is 12.1 Å². The van der Waals surface area contributed by atoms with Crippen molar-refractivity contribution >= 4 is 23.2 Å². The van der Waals surface area contributed by atoms with E-state index in [9.17, 15) is 4.79 Å². The van der Waals surface area contributed by atoms with Crippen LogP contribution in [0.3, 0.4) is 0 Å². The van der Waals surface area contributed by atoms with Crippen molar-refractivity contribution in [1.82, 2.24) is 4.90 Å². The van der Waals surface area contributed by atoms with Crippen LogP contribution >= 0.6 is 11.6 Å². The Morgan fingerprint density at radius 3 is 2.65 bits per heavy atom. The van der Waals surface area contributed by atoms with Crippen molar-refractivity contribution in [2.45, 2.75) is 57.1 Å². The molecule has 1 aromatic carbocycles. The number of rotatable bonds is 4. The third kappa shape index (κ3) is 4.05. The molecule has 5 heteroatoms. The molecule has 23 heavy (non-hydrogen) atoms. The molecule has 1 heterocycles. The summed E-state index contributed by atoms with van der Waals surface area (Å²) in [6, 6.07) is 7.95. The van der Waals surface area contributed by atoms with Crippen LogP contribution in [0.4, 0.5) is 0 Å². The van der Waals surface area contributed by atoms with E-state index in [0.717, 1.165) is 24.1 Å². The van der Waals surface area contributed by atoms with Crippen LogP contribution in [0.1, 0.15) is 50.5 Å². The standard InChI is InChI=1S/C18H23ClN2O2/c1-21(15-5-3-2-4-6-15)18(22)12-16-11-17(20-23-16)13-7-9-14(19)10-8-13/h7-10,15-16H,2-6,11-12H2,1H3/t16-/m1/s1. The molecular formula is C18H23ClN2O2. The second-order valence-electron chi connectivity index (χ2n) is 6.48. The first-order chi connectivity index (χ1) is 11.1. The minimum atomic E-state index is -0.154. The number of nitrogens with zero attached hydrogens (tertiary/aromatic N) is 2. The van der Waals surface area contributed by atoms with Crippen LogP contribution in [0.25, 0.3) is 0 Å². The second-order valence-corrected chi connectivity index (χ2v) is 6.91. The fourth-order valence-corrected chi connectivity index (χ4v) is 3.49. The van der Waals surface area contributed by atoms with Gasteiger partial charge in [-0.2, -0.15) is 0 Å². The highest BCUT2D eigenvalue weighted by molar-refractivity contribution is 6.30. The van der Waals surface area contributed by atoms with Gasteiger partial charge in [-0.15, -0.1) is 0 Å². The molecule has 1 aliphatic heterocycles. The maximum atomic E-state index is 12.5. The predicted molar refractivity (Wildman–Crippen MR) is 91.7 cm³/mol. The molecule has 1 aliphatic carbocycles. The summed E-state index contributed by atoms with van der Waals surface area (Å²) >= 11 is 5.90. The van der Waals surface area contributed by atoms with Gasteiger partial charge in [0.25, 0.3) is 0 Å². The van der Waals surface area contributed by atoms with Crippen LogP contribution in [0, 0.1) is 0 Å². The number of oxime groups is 1. The zero-order valence-electron chi connectivity index (χ0n) is 13.5. The first kappa shape index (κ1) is 16.3. The smallest absolute Gasteiger partial charge is 0.226 e. The quantitative estimate of drug-likeness (QED) is 0.834. The van der Waals surface area contributed by atoms with Crippen molar-refractivity contribution in [1.29, 1.82) is 0 Å². The molecule has 4 nitrogen and oxygen atoms in total. The summed E-state index contributed by atoms with van der Waals surface area (Å²) in [7, 11) is 1.92. The maximum Gasteiger partial charge on any atom is 0.226 e. The lowest BCUT2D eigenvalue weighted by atomic mass is 9.94. The molecule has 0 aromatic heterocycles. The third-order valence-electron chi connectivity index (χ3n) is 4.83. The molecule has 1 amide bonds. The third-order valence-corrected chi connectivity index (χ3v) is 5.08. The lowest BCUT2D eigenvalue weighted by Crippen LogP contribution is -2.39. The molecular weight excluding hydrogens is 312 g/mol. The van der Waals surface area contributed by atoms with Gasteiger partial charge in [0.15, 0.2) is 0 Å². The van der Waals surface area contributed by atoms with Crippen LogP contribution in [0.15, 0.2) is 29.4 Å². The summed E-state index contributed by atoms with van der Waals surface area (Å²) in [5.41, 5.74) is 1.89. The Kier molecular flexibility index (Phi) is 5.21. The van der Waals surface area contributed by atoms with Crippen molar-refractivity contribution in [3.05, 3.63) is 34.9 Å². The molecule has 1 aromatic rings. The van der Waals surface area contributed by atoms with E-state index in [1.54, 1.807) is 0 Å². The number of amides is 1. The van der Waals surface area contributed by atoms with Gasteiger partial charge in [-0.05, 0) is 30.5 Å². The highest BCUT2D eigenvalue weighted by Crippen LogP contribution is 2.24. The molecule has 124 valence electrons. The highest BCUT2D eigenvalue weighted by atomic mass is 35.5. The lowest BCUT2D eigenvalue weighted by Gasteiger charge is -2.31. The summed E-state index contributed by atoms with van der Waals surface area (Å²) in [5, 5.41) is 4.85. The van der Waals surface area contributed by atoms with Gasteiger partial charge in [-0.1, -0.05) is 48.2 Å². The minimum absolute atomic E-state index is 0.154. The van der Waals surface area contributed by atoms with E-state index >= 15 is 0 Å². The van der Waals surface area contributed by atoms with Crippen molar-refractivity contribution in [3.63, 3.8) is 0 Å². The van der Waals surface area contributed by atoms with E-state index in [1.807, 2.05) is 36.2 Å². The molecule has 2 aliphatic rings. The van der Waals surface area contributed by atoms with Gasteiger partial charge < -0.3 is 9.74 Å². The topological polar surface area (TPSA) is 41.9 Å². The summed E-state index contributed by atoms with van der Waals surface area (Å²) in [5.74, 6) is 0.162. The number of hydrogen-bond donors (Lipinski definition) is 0. The molecule has 0 spiro atoms. The first-order valence-electron chi connectivity index (χ1n) is 8.38. The Hall–Kier alpha value is -1.55. The SMILES string of the molecule is CN(C(=O)C[C@H]1CC(c2ccc(Cl)cc2)=NO1)C1CCCCC1. The zero-order valence-corrected chi connectivity index (χ0v) is 14.3. The molecule has 0 bridgehead atoms. The van der Waals surface area contributed by atoms with Crippen molar-refractivity contribution in [2.75, 3.05) is 7.05 Å². The number of carbonyl (C=O) groups is 1. The van der Waals surface area contributed by atoms with Crippen molar-refractivity contribution in [2.24, 2.45) is 5.16 Å². The van der Waals surface area contributed by atoms with Crippen LogP contribution < -0.4 is 0 Å². The molecule has 0 N–H and O–H groups in total. The molecule has 1 fully saturated rings. The van der Waals surface area contributed by atoms with E-state index in [4.69, 9.17) is 16.4 Å². The Morgan fingerprint density at radius 1 is 1.26 bits per heavy atom. The lowest BCUT2D eigenvalue weighted by molar-refractivity contribution is -0.135. The van der Waals surface area contributed by atoms with Gasteiger partial charge in [-0.3, -0.25) is 4.79 Å². The Morgan fingerprint density at radius 2 is 1.96 bits per heavy atom. The summed E-state index contributed by atoms with van der Waals surface area (Å²) in [4.78, 5) is 19.8. The second kappa shape index (κ2) is 7.35. The van der Waals surface area contributed by atoms with Gasteiger partial charge in [0, 0.05) is 24.5 Å². The zero-order chi connectivity index (χ0) is 16.2. The Balaban J connectivity index is 1.52.